The molecule has 86 valence electrons. The number of carbonyl (C=O) groups is 1. The van der Waals surface area contributed by atoms with Gasteiger partial charge in [0.2, 0.25) is 0 Å². The van der Waals surface area contributed by atoms with E-state index in [0.29, 0.717) is 10.4 Å². The lowest BCUT2D eigenvalue weighted by molar-refractivity contribution is -0.605. The molecule has 5 nitrogen and oxygen atoms in total. The lowest BCUT2D eigenvalue weighted by Gasteiger charge is -2.04. The normalized spacial score (nSPS) is 9.88. The van der Waals surface area contributed by atoms with Crippen LogP contribution < -0.4 is 10.0 Å². The second-order valence-electron chi connectivity index (χ2n) is 3.45. The standard InChI is InChI=1S/C12H10N2O3/c15-11-5-3-10(4-6-11)13-12(16)9-2-1-7-14(17)8-9/h1-8,15H,(H,13,16). The van der Waals surface area contributed by atoms with Crippen LogP contribution in [0.2, 0.25) is 0 Å². The number of nitrogens with one attached hydrogen (secondary N) is 1. The maximum atomic E-state index is 11.7. The van der Waals surface area contributed by atoms with Crippen LogP contribution in [0.25, 0.3) is 0 Å². The average Bonchev–Trinajstić information content (AvgIpc) is 2.32. The van der Waals surface area contributed by atoms with Crippen LogP contribution in [0.4, 0.5) is 5.69 Å². The monoisotopic (exact) mass is 230 g/mol. The van der Waals surface area contributed by atoms with Crippen LogP contribution in [-0.2, 0) is 0 Å². The summed E-state index contributed by atoms with van der Waals surface area (Å²) in [5.41, 5.74) is 0.824. The van der Waals surface area contributed by atoms with Gasteiger partial charge in [-0.2, -0.15) is 4.73 Å². The van der Waals surface area contributed by atoms with Crippen molar-refractivity contribution in [1.82, 2.24) is 0 Å². The fourth-order valence-electron chi connectivity index (χ4n) is 1.34. The summed E-state index contributed by atoms with van der Waals surface area (Å²) in [4.78, 5) is 11.7. The first-order valence-corrected chi connectivity index (χ1v) is 4.94. The number of amides is 1. The number of aromatic nitrogens is 1. The average molecular weight is 230 g/mol. The molecule has 0 atom stereocenters. The molecule has 1 heterocycles. The third-order valence-electron chi connectivity index (χ3n) is 2.16. The molecule has 1 amide bonds. The number of carbonyl (C=O) groups excluding carboxylic acids is 1. The minimum atomic E-state index is -0.374. The zero-order valence-corrected chi connectivity index (χ0v) is 8.83. The van der Waals surface area contributed by atoms with Crippen molar-refractivity contribution < 1.29 is 14.6 Å². The van der Waals surface area contributed by atoms with Crippen LogP contribution in [0, 0.1) is 5.21 Å². The van der Waals surface area contributed by atoms with E-state index in [2.05, 4.69) is 5.32 Å². The highest BCUT2D eigenvalue weighted by Crippen LogP contribution is 2.14. The molecule has 0 saturated carbocycles. The summed E-state index contributed by atoms with van der Waals surface area (Å²) in [6, 6.07) is 9.12. The Hall–Kier alpha value is -2.56. The molecule has 1 aromatic carbocycles. The first-order chi connectivity index (χ1) is 8.15. The lowest BCUT2D eigenvalue weighted by atomic mass is 10.2. The van der Waals surface area contributed by atoms with E-state index in [0.717, 1.165) is 0 Å². The molecular weight excluding hydrogens is 220 g/mol. The van der Waals surface area contributed by atoms with Crippen LogP contribution in [0.5, 0.6) is 5.75 Å². The highest BCUT2D eigenvalue weighted by atomic mass is 16.5. The third-order valence-corrected chi connectivity index (χ3v) is 2.16. The van der Waals surface area contributed by atoms with Crippen molar-refractivity contribution in [3.05, 3.63) is 59.6 Å². The third kappa shape index (κ3) is 2.72. The smallest absolute Gasteiger partial charge is 0.261 e. The molecule has 0 aliphatic rings. The molecule has 0 saturated heterocycles. The van der Waals surface area contributed by atoms with Gasteiger partial charge in [-0.1, -0.05) is 0 Å². The van der Waals surface area contributed by atoms with Gasteiger partial charge < -0.3 is 15.6 Å². The fourth-order valence-corrected chi connectivity index (χ4v) is 1.34. The Morgan fingerprint density at radius 3 is 2.59 bits per heavy atom. The number of anilines is 1. The number of rotatable bonds is 2. The Morgan fingerprint density at radius 1 is 1.24 bits per heavy atom. The molecule has 2 N–H and O–H groups in total. The minimum Gasteiger partial charge on any atom is -0.619 e. The molecule has 0 fully saturated rings. The topological polar surface area (TPSA) is 76.3 Å². The molecule has 5 heteroatoms. The van der Waals surface area contributed by atoms with E-state index in [1.807, 2.05) is 0 Å². The summed E-state index contributed by atoms with van der Waals surface area (Å²) >= 11 is 0. The van der Waals surface area contributed by atoms with E-state index in [9.17, 15) is 10.0 Å². The maximum absolute atomic E-state index is 11.7. The van der Waals surface area contributed by atoms with Crippen LogP contribution in [-0.4, -0.2) is 11.0 Å². The molecule has 2 rings (SSSR count). The van der Waals surface area contributed by atoms with E-state index in [4.69, 9.17) is 5.11 Å². The van der Waals surface area contributed by atoms with Crippen molar-refractivity contribution in [3.8, 4) is 5.75 Å². The largest absolute Gasteiger partial charge is 0.619 e. The second kappa shape index (κ2) is 4.52. The summed E-state index contributed by atoms with van der Waals surface area (Å²) < 4.78 is 0.561. The summed E-state index contributed by atoms with van der Waals surface area (Å²) in [5.74, 6) is -0.249. The molecular formula is C12H10N2O3. The van der Waals surface area contributed by atoms with Gasteiger partial charge in [0.15, 0.2) is 12.4 Å². The van der Waals surface area contributed by atoms with Gasteiger partial charge >= 0.3 is 0 Å². The van der Waals surface area contributed by atoms with Gasteiger partial charge in [0, 0.05) is 11.8 Å². The highest BCUT2D eigenvalue weighted by molar-refractivity contribution is 6.03. The SMILES string of the molecule is O=C(Nc1ccc(O)cc1)c1ccc[n+]([O-])c1. The van der Waals surface area contributed by atoms with Crippen molar-refractivity contribution in [1.29, 1.82) is 0 Å². The lowest BCUT2D eigenvalue weighted by Crippen LogP contribution is -2.27. The number of aromatic hydroxyl groups is 1. The van der Waals surface area contributed by atoms with E-state index in [-0.39, 0.29) is 17.2 Å². The van der Waals surface area contributed by atoms with Gasteiger partial charge in [-0.3, -0.25) is 4.79 Å². The quantitative estimate of drug-likeness (QED) is 0.463. The maximum Gasteiger partial charge on any atom is 0.261 e. The van der Waals surface area contributed by atoms with E-state index in [1.54, 1.807) is 18.2 Å². The molecule has 0 unspecified atom stereocenters. The highest BCUT2D eigenvalue weighted by Gasteiger charge is 2.08. The van der Waals surface area contributed by atoms with Crippen LogP contribution in [0.1, 0.15) is 10.4 Å². The zero-order chi connectivity index (χ0) is 12.3. The molecule has 17 heavy (non-hydrogen) atoms. The molecule has 0 aliphatic heterocycles. The number of hydrogen-bond donors (Lipinski definition) is 2. The van der Waals surface area contributed by atoms with E-state index < -0.39 is 0 Å². The van der Waals surface area contributed by atoms with Crippen molar-refractivity contribution >= 4 is 11.6 Å². The number of benzene rings is 1. The van der Waals surface area contributed by atoms with Crippen LogP contribution in [0.3, 0.4) is 0 Å². The Bertz CT molecular complexity index is 538. The first-order valence-electron chi connectivity index (χ1n) is 4.94. The summed E-state index contributed by atoms with van der Waals surface area (Å²) in [7, 11) is 0. The minimum absolute atomic E-state index is 0.125. The number of pyridine rings is 1. The van der Waals surface area contributed by atoms with Gasteiger partial charge in [-0.25, -0.2) is 0 Å². The first kappa shape index (κ1) is 10.9. The van der Waals surface area contributed by atoms with Gasteiger partial charge in [0.05, 0.1) is 0 Å². The summed E-state index contributed by atoms with van der Waals surface area (Å²) in [6.07, 6.45) is 2.49. The number of phenols is 1. The Morgan fingerprint density at radius 2 is 1.94 bits per heavy atom. The predicted molar refractivity (Wildman–Crippen MR) is 61.5 cm³/mol. The Labute approximate surface area is 97.5 Å². The number of hydrogen-bond acceptors (Lipinski definition) is 3. The van der Waals surface area contributed by atoms with Crippen molar-refractivity contribution in [3.63, 3.8) is 0 Å². The van der Waals surface area contributed by atoms with Crippen molar-refractivity contribution in [2.75, 3.05) is 5.32 Å². The molecule has 0 aliphatic carbocycles. The Balaban J connectivity index is 2.14. The summed E-state index contributed by atoms with van der Waals surface area (Å²) in [6.45, 7) is 0. The van der Waals surface area contributed by atoms with Gasteiger partial charge in [0.25, 0.3) is 5.91 Å². The van der Waals surface area contributed by atoms with Gasteiger partial charge in [-0.15, -0.1) is 0 Å². The van der Waals surface area contributed by atoms with Gasteiger partial charge in [-0.05, 0) is 30.3 Å². The predicted octanol–water partition coefficient (Wildman–Crippen LogP) is 1.28. The summed E-state index contributed by atoms with van der Waals surface area (Å²) in [5, 5.41) is 22.7. The van der Waals surface area contributed by atoms with Crippen molar-refractivity contribution in [2.24, 2.45) is 0 Å². The second-order valence-corrected chi connectivity index (χ2v) is 3.45. The van der Waals surface area contributed by atoms with E-state index in [1.165, 1.54) is 30.6 Å². The zero-order valence-electron chi connectivity index (χ0n) is 8.83. The van der Waals surface area contributed by atoms with E-state index >= 15 is 0 Å². The number of nitrogens with zero attached hydrogens (tertiary/aromatic N) is 1. The molecule has 0 radical (unpaired) electrons. The Kier molecular flexibility index (Phi) is 2.91. The molecule has 1 aromatic heterocycles. The van der Waals surface area contributed by atoms with Crippen LogP contribution in [0.15, 0.2) is 48.8 Å². The molecule has 0 spiro atoms. The number of phenolic OH excluding ortho intramolecular Hbond substituents is 1. The molecule has 0 bridgehead atoms. The molecule has 2 aromatic rings. The van der Waals surface area contributed by atoms with Gasteiger partial charge in [0.1, 0.15) is 11.3 Å². The fraction of sp³-hybridized carbons (Fsp3) is 0. The van der Waals surface area contributed by atoms with Crippen molar-refractivity contribution in [2.45, 2.75) is 0 Å². The van der Waals surface area contributed by atoms with Crippen LogP contribution >= 0.6 is 0 Å².